The molecule has 3 rings (SSSR count). The molecule has 0 aliphatic carbocycles. The monoisotopic (exact) mass is 267 g/mol. The van der Waals surface area contributed by atoms with E-state index in [9.17, 15) is 4.79 Å². The van der Waals surface area contributed by atoms with Gasteiger partial charge >= 0.3 is 0 Å². The molecule has 1 amide bonds. The lowest BCUT2D eigenvalue weighted by molar-refractivity contribution is -0.116. The molecule has 0 saturated heterocycles. The summed E-state index contributed by atoms with van der Waals surface area (Å²) in [5.41, 5.74) is 1.75. The summed E-state index contributed by atoms with van der Waals surface area (Å²) in [4.78, 5) is 15.7. The first kappa shape index (κ1) is 12.2. The van der Waals surface area contributed by atoms with Crippen molar-refractivity contribution in [3.63, 3.8) is 0 Å². The van der Waals surface area contributed by atoms with Gasteiger partial charge in [0.1, 0.15) is 19.2 Å². The highest BCUT2D eigenvalue weighted by Gasteiger charge is 2.05. The lowest BCUT2D eigenvalue weighted by Gasteiger charge is -2.08. The Hall–Kier alpha value is -2.89. The fourth-order valence-electron chi connectivity index (χ4n) is 1.91. The molecular formula is C14H13N5O. The standard InChI is InChI=1S/C14H13N5O/c20-14(9-19-11-15-10-16-19)17-12-4-3-5-13(8-12)18-6-1-2-7-18/h1-8,10-11H,9H2,(H,17,20). The first-order chi connectivity index (χ1) is 9.81. The van der Waals surface area contributed by atoms with Crippen LogP contribution in [0.25, 0.3) is 5.69 Å². The minimum absolute atomic E-state index is 0.139. The molecule has 1 N–H and O–H groups in total. The minimum atomic E-state index is -0.139. The number of hydrogen-bond donors (Lipinski definition) is 1. The summed E-state index contributed by atoms with van der Waals surface area (Å²) in [6.45, 7) is 0.147. The third-order valence-electron chi connectivity index (χ3n) is 2.80. The molecule has 2 aromatic heterocycles. The Bertz CT molecular complexity index is 688. The average molecular weight is 267 g/mol. The van der Waals surface area contributed by atoms with E-state index >= 15 is 0 Å². The molecule has 2 heterocycles. The maximum Gasteiger partial charge on any atom is 0.246 e. The molecule has 6 nitrogen and oxygen atoms in total. The van der Waals surface area contributed by atoms with Crippen LogP contribution in [-0.4, -0.2) is 25.2 Å². The largest absolute Gasteiger partial charge is 0.324 e. The van der Waals surface area contributed by atoms with Gasteiger partial charge in [-0.3, -0.25) is 4.79 Å². The van der Waals surface area contributed by atoms with Crippen LogP contribution in [0, 0.1) is 0 Å². The second-order valence-electron chi connectivity index (χ2n) is 4.28. The molecule has 0 saturated carbocycles. The van der Waals surface area contributed by atoms with Gasteiger partial charge in [-0.2, -0.15) is 5.10 Å². The van der Waals surface area contributed by atoms with Crippen LogP contribution in [0.2, 0.25) is 0 Å². The van der Waals surface area contributed by atoms with E-state index < -0.39 is 0 Å². The number of aromatic nitrogens is 4. The maximum atomic E-state index is 11.9. The number of rotatable bonds is 4. The van der Waals surface area contributed by atoms with Gasteiger partial charge in [-0.05, 0) is 30.3 Å². The van der Waals surface area contributed by atoms with Gasteiger partial charge in [-0.25, -0.2) is 9.67 Å². The van der Waals surface area contributed by atoms with E-state index in [0.717, 1.165) is 11.4 Å². The Morgan fingerprint density at radius 1 is 1.20 bits per heavy atom. The summed E-state index contributed by atoms with van der Waals surface area (Å²) in [6, 6.07) is 11.6. The van der Waals surface area contributed by atoms with Gasteiger partial charge in [0.2, 0.25) is 5.91 Å². The fraction of sp³-hybridized carbons (Fsp3) is 0.0714. The molecule has 0 unspecified atom stereocenters. The summed E-state index contributed by atoms with van der Waals surface area (Å²) in [5, 5.41) is 6.74. The van der Waals surface area contributed by atoms with E-state index in [1.165, 1.54) is 17.3 Å². The summed E-state index contributed by atoms with van der Waals surface area (Å²) in [5.74, 6) is -0.139. The topological polar surface area (TPSA) is 64.7 Å². The summed E-state index contributed by atoms with van der Waals surface area (Å²) < 4.78 is 3.46. The predicted octanol–water partition coefficient (Wildman–Crippen LogP) is 1.71. The highest BCUT2D eigenvalue weighted by atomic mass is 16.2. The number of nitrogens with zero attached hydrogens (tertiary/aromatic N) is 4. The van der Waals surface area contributed by atoms with Crippen LogP contribution in [0.15, 0.2) is 61.4 Å². The number of carbonyl (C=O) groups is 1. The Morgan fingerprint density at radius 3 is 2.80 bits per heavy atom. The van der Waals surface area contributed by atoms with Crippen LogP contribution in [0.4, 0.5) is 5.69 Å². The minimum Gasteiger partial charge on any atom is -0.324 e. The molecule has 0 bridgehead atoms. The molecular weight excluding hydrogens is 254 g/mol. The first-order valence-electron chi connectivity index (χ1n) is 6.17. The Balaban J connectivity index is 1.71. The Morgan fingerprint density at radius 2 is 2.05 bits per heavy atom. The zero-order chi connectivity index (χ0) is 13.8. The van der Waals surface area contributed by atoms with Crippen molar-refractivity contribution in [2.75, 3.05) is 5.32 Å². The lowest BCUT2D eigenvalue weighted by Crippen LogP contribution is -2.19. The fourth-order valence-corrected chi connectivity index (χ4v) is 1.91. The summed E-state index contributed by atoms with van der Waals surface area (Å²) >= 11 is 0. The Kier molecular flexibility index (Phi) is 3.28. The molecule has 0 spiro atoms. The van der Waals surface area contributed by atoms with Crippen LogP contribution in [0.1, 0.15) is 0 Å². The molecule has 0 aliphatic rings. The summed E-state index contributed by atoms with van der Waals surface area (Å²) in [6.07, 6.45) is 6.82. The molecule has 6 heteroatoms. The van der Waals surface area contributed by atoms with Gasteiger partial charge in [0, 0.05) is 23.8 Å². The van der Waals surface area contributed by atoms with Crippen molar-refractivity contribution in [2.45, 2.75) is 6.54 Å². The van der Waals surface area contributed by atoms with Crippen LogP contribution in [0.5, 0.6) is 0 Å². The highest BCUT2D eigenvalue weighted by molar-refractivity contribution is 5.90. The van der Waals surface area contributed by atoms with Gasteiger partial charge in [-0.1, -0.05) is 6.07 Å². The molecule has 100 valence electrons. The second-order valence-corrected chi connectivity index (χ2v) is 4.28. The first-order valence-corrected chi connectivity index (χ1v) is 6.17. The van der Waals surface area contributed by atoms with Gasteiger partial charge in [-0.15, -0.1) is 0 Å². The zero-order valence-corrected chi connectivity index (χ0v) is 10.7. The number of hydrogen-bond acceptors (Lipinski definition) is 3. The lowest BCUT2D eigenvalue weighted by atomic mass is 10.2. The van der Waals surface area contributed by atoms with E-state index in [2.05, 4.69) is 15.4 Å². The van der Waals surface area contributed by atoms with Crippen LogP contribution < -0.4 is 5.32 Å². The number of benzene rings is 1. The average Bonchev–Trinajstić information content (AvgIpc) is 3.11. The molecule has 0 atom stereocenters. The smallest absolute Gasteiger partial charge is 0.246 e. The van der Waals surface area contributed by atoms with Gasteiger partial charge in [0.15, 0.2) is 0 Å². The van der Waals surface area contributed by atoms with Crippen molar-refractivity contribution in [2.24, 2.45) is 0 Å². The highest BCUT2D eigenvalue weighted by Crippen LogP contribution is 2.14. The van der Waals surface area contributed by atoms with Crippen molar-refractivity contribution in [3.8, 4) is 5.69 Å². The number of nitrogens with one attached hydrogen (secondary N) is 1. The predicted molar refractivity (Wildman–Crippen MR) is 74.4 cm³/mol. The van der Waals surface area contributed by atoms with Crippen molar-refractivity contribution >= 4 is 11.6 Å². The van der Waals surface area contributed by atoms with Gasteiger partial charge in [0.05, 0.1) is 0 Å². The van der Waals surface area contributed by atoms with E-state index in [-0.39, 0.29) is 12.5 Å². The normalized spacial score (nSPS) is 10.4. The van der Waals surface area contributed by atoms with E-state index in [0.29, 0.717) is 0 Å². The molecule has 0 fully saturated rings. The van der Waals surface area contributed by atoms with Crippen molar-refractivity contribution < 1.29 is 4.79 Å². The van der Waals surface area contributed by atoms with Crippen molar-refractivity contribution in [1.82, 2.24) is 19.3 Å². The maximum absolute atomic E-state index is 11.9. The van der Waals surface area contributed by atoms with Crippen LogP contribution >= 0.6 is 0 Å². The van der Waals surface area contributed by atoms with Gasteiger partial charge in [0.25, 0.3) is 0 Å². The third-order valence-corrected chi connectivity index (χ3v) is 2.80. The number of anilines is 1. The van der Waals surface area contributed by atoms with Crippen LogP contribution in [-0.2, 0) is 11.3 Å². The number of amides is 1. The van der Waals surface area contributed by atoms with E-state index in [1.54, 1.807) is 0 Å². The molecule has 0 radical (unpaired) electrons. The Labute approximate surface area is 115 Å². The summed E-state index contributed by atoms with van der Waals surface area (Å²) in [7, 11) is 0. The van der Waals surface area contributed by atoms with Crippen LogP contribution in [0.3, 0.4) is 0 Å². The third kappa shape index (κ3) is 2.74. The SMILES string of the molecule is O=C(Cn1cncn1)Nc1cccc(-n2cccc2)c1. The van der Waals surface area contributed by atoms with Crippen molar-refractivity contribution in [1.29, 1.82) is 0 Å². The molecule has 1 aromatic carbocycles. The number of carbonyl (C=O) groups excluding carboxylic acids is 1. The van der Waals surface area contributed by atoms with Gasteiger partial charge < -0.3 is 9.88 Å². The quantitative estimate of drug-likeness (QED) is 0.782. The van der Waals surface area contributed by atoms with E-state index in [4.69, 9.17) is 0 Å². The van der Waals surface area contributed by atoms with E-state index in [1.807, 2.05) is 53.4 Å². The zero-order valence-electron chi connectivity index (χ0n) is 10.7. The molecule has 20 heavy (non-hydrogen) atoms. The second kappa shape index (κ2) is 5.40. The van der Waals surface area contributed by atoms with Crippen molar-refractivity contribution in [3.05, 3.63) is 61.4 Å². The molecule has 3 aromatic rings. The molecule has 0 aliphatic heterocycles.